The maximum atomic E-state index is 11.3. The van der Waals surface area contributed by atoms with Gasteiger partial charge in [-0.05, 0) is 18.1 Å². The summed E-state index contributed by atoms with van der Waals surface area (Å²) in [6.45, 7) is 5.65. The minimum absolute atomic E-state index is 0.141. The van der Waals surface area contributed by atoms with Crippen molar-refractivity contribution < 1.29 is 19.1 Å². The summed E-state index contributed by atoms with van der Waals surface area (Å²) >= 11 is 0. The van der Waals surface area contributed by atoms with Crippen molar-refractivity contribution in [2.24, 2.45) is 0 Å². The SMILES string of the molecule is C=C(C)COC(=O)C=CC(=O)OCc1ccccc1. The summed E-state index contributed by atoms with van der Waals surface area (Å²) in [5, 5.41) is 0. The van der Waals surface area contributed by atoms with E-state index in [0.29, 0.717) is 0 Å². The van der Waals surface area contributed by atoms with E-state index >= 15 is 0 Å². The summed E-state index contributed by atoms with van der Waals surface area (Å²) in [6.07, 6.45) is 2.08. The van der Waals surface area contributed by atoms with Gasteiger partial charge >= 0.3 is 11.9 Å². The molecule has 1 rings (SSSR count). The normalized spacial score (nSPS) is 10.2. The first kappa shape index (κ1) is 14.7. The highest BCUT2D eigenvalue weighted by Gasteiger charge is 2.01. The van der Waals surface area contributed by atoms with Crippen molar-refractivity contribution in [3.8, 4) is 0 Å². The van der Waals surface area contributed by atoms with E-state index < -0.39 is 11.9 Å². The van der Waals surface area contributed by atoms with E-state index in [2.05, 4.69) is 6.58 Å². The monoisotopic (exact) mass is 260 g/mol. The molecule has 0 aliphatic heterocycles. The Morgan fingerprint density at radius 2 is 1.68 bits per heavy atom. The van der Waals surface area contributed by atoms with Gasteiger partial charge in [0.05, 0.1) is 0 Å². The zero-order valence-corrected chi connectivity index (χ0v) is 10.8. The van der Waals surface area contributed by atoms with Crippen LogP contribution in [0.1, 0.15) is 12.5 Å². The average molecular weight is 260 g/mol. The minimum atomic E-state index is -0.598. The molecule has 4 heteroatoms. The van der Waals surface area contributed by atoms with Crippen molar-refractivity contribution in [1.82, 2.24) is 0 Å². The number of ether oxygens (including phenoxy) is 2. The van der Waals surface area contributed by atoms with E-state index in [1.807, 2.05) is 30.3 Å². The Morgan fingerprint density at radius 3 is 2.26 bits per heavy atom. The zero-order valence-electron chi connectivity index (χ0n) is 10.8. The first-order chi connectivity index (χ1) is 9.08. The standard InChI is InChI=1S/C15H16O4/c1-12(2)10-18-14(16)8-9-15(17)19-11-13-6-4-3-5-7-13/h3-9H,1,10-11H2,2H3. The van der Waals surface area contributed by atoms with Crippen molar-refractivity contribution in [2.45, 2.75) is 13.5 Å². The number of carbonyl (C=O) groups excluding carboxylic acids is 2. The van der Waals surface area contributed by atoms with Crippen LogP contribution < -0.4 is 0 Å². The molecule has 0 saturated heterocycles. The van der Waals surface area contributed by atoms with E-state index in [4.69, 9.17) is 9.47 Å². The van der Waals surface area contributed by atoms with Crippen LogP contribution >= 0.6 is 0 Å². The van der Waals surface area contributed by atoms with Crippen LogP contribution in [-0.4, -0.2) is 18.5 Å². The number of carbonyl (C=O) groups is 2. The maximum Gasteiger partial charge on any atom is 0.331 e. The van der Waals surface area contributed by atoms with Crippen LogP contribution in [-0.2, 0) is 25.7 Å². The number of hydrogen-bond acceptors (Lipinski definition) is 4. The van der Waals surface area contributed by atoms with Crippen LogP contribution in [0.3, 0.4) is 0 Å². The lowest BCUT2D eigenvalue weighted by atomic mass is 10.2. The summed E-state index contributed by atoms with van der Waals surface area (Å²) in [6, 6.07) is 9.28. The molecule has 0 heterocycles. The quantitative estimate of drug-likeness (QED) is 0.448. The van der Waals surface area contributed by atoms with Crippen molar-refractivity contribution in [3.63, 3.8) is 0 Å². The van der Waals surface area contributed by atoms with Gasteiger partial charge < -0.3 is 9.47 Å². The highest BCUT2D eigenvalue weighted by molar-refractivity contribution is 5.91. The smallest absolute Gasteiger partial charge is 0.331 e. The first-order valence-corrected chi connectivity index (χ1v) is 5.78. The van der Waals surface area contributed by atoms with Gasteiger partial charge in [0, 0.05) is 12.2 Å². The lowest BCUT2D eigenvalue weighted by Crippen LogP contribution is -2.05. The van der Waals surface area contributed by atoms with Crippen molar-refractivity contribution >= 4 is 11.9 Å². The van der Waals surface area contributed by atoms with Gasteiger partial charge in [-0.3, -0.25) is 0 Å². The van der Waals surface area contributed by atoms with Gasteiger partial charge in [-0.15, -0.1) is 0 Å². The predicted molar refractivity (Wildman–Crippen MR) is 71.2 cm³/mol. The molecule has 0 bridgehead atoms. The molecule has 0 N–H and O–H groups in total. The van der Waals surface area contributed by atoms with Gasteiger partial charge in [-0.25, -0.2) is 9.59 Å². The fourth-order valence-corrected chi connectivity index (χ4v) is 1.16. The fraction of sp³-hybridized carbons (Fsp3) is 0.200. The molecule has 0 saturated carbocycles. The van der Waals surface area contributed by atoms with E-state index in [1.54, 1.807) is 6.92 Å². The third-order valence-electron chi connectivity index (χ3n) is 2.04. The van der Waals surface area contributed by atoms with E-state index in [0.717, 1.165) is 23.3 Å². The highest BCUT2D eigenvalue weighted by Crippen LogP contribution is 2.01. The summed E-state index contributed by atoms with van der Waals surface area (Å²) in [5.41, 5.74) is 1.61. The Bertz CT molecular complexity index is 474. The van der Waals surface area contributed by atoms with Crippen molar-refractivity contribution in [1.29, 1.82) is 0 Å². The van der Waals surface area contributed by atoms with E-state index in [9.17, 15) is 9.59 Å². The second-order valence-electron chi connectivity index (χ2n) is 3.99. The third-order valence-corrected chi connectivity index (χ3v) is 2.04. The van der Waals surface area contributed by atoms with Crippen molar-refractivity contribution in [2.75, 3.05) is 6.61 Å². The summed E-state index contributed by atoms with van der Waals surface area (Å²) in [5.74, 6) is -1.18. The van der Waals surface area contributed by atoms with Crippen LogP contribution in [0, 0.1) is 0 Å². The van der Waals surface area contributed by atoms with Crippen molar-refractivity contribution in [3.05, 3.63) is 60.2 Å². The predicted octanol–water partition coefficient (Wildman–Crippen LogP) is 2.41. The largest absolute Gasteiger partial charge is 0.458 e. The Balaban J connectivity index is 2.30. The highest BCUT2D eigenvalue weighted by atomic mass is 16.5. The molecule has 4 nitrogen and oxygen atoms in total. The number of rotatable bonds is 6. The maximum absolute atomic E-state index is 11.3. The molecule has 0 aliphatic carbocycles. The Hall–Kier alpha value is -2.36. The Kier molecular flexibility index (Phi) is 6.09. The second-order valence-corrected chi connectivity index (χ2v) is 3.99. The van der Waals surface area contributed by atoms with Gasteiger partial charge in [0.1, 0.15) is 13.2 Å². The molecule has 100 valence electrons. The van der Waals surface area contributed by atoms with E-state index in [-0.39, 0.29) is 13.2 Å². The lowest BCUT2D eigenvalue weighted by molar-refractivity contribution is -0.140. The lowest BCUT2D eigenvalue weighted by Gasteiger charge is -2.02. The molecule has 0 spiro atoms. The number of esters is 2. The molecule has 0 radical (unpaired) electrons. The molecule has 0 atom stereocenters. The van der Waals surface area contributed by atoms with Gasteiger partial charge in [-0.2, -0.15) is 0 Å². The molecule has 0 aromatic heterocycles. The molecule has 0 unspecified atom stereocenters. The molecule has 0 amide bonds. The topological polar surface area (TPSA) is 52.6 Å². The van der Waals surface area contributed by atoms with Crippen LogP contribution in [0.5, 0.6) is 0 Å². The molecular formula is C15H16O4. The second kappa shape index (κ2) is 7.87. The Morgan fingerprint density at radius 1 is 1.11 bits per heavy atom. The number of hydrogen-bond donors (Lipinski definition) is 0. The molecular weight excluding hydrogens is 244 g/mol. The average Bonchev–Trinajstić information content (AvgIpc) is 2.41. The van der Waals surface area contributed by atoms with Gasteiger partial charge in [0.2, 0.25) is 0 Å². The summed E-state index contributed by atoms with van der Waals surface area (Å²) in [7, 11) is 0. The summed E-state index contributed by atoms with van der Waals surface area (Å²) < 4.78 is 9.74. The molecule has 0 aliphatic rings. The fourth-order valence-electron chi connectivity index (χ4n) is 1.16. The van der Waals surface area contributed by atoms with Gasteiger partial charge in [0.15, 0.2) is 0 Å². The summed E-state index contributed by atoms with van der Waals surface area (Å²) in [4.78, 5) is 22.5. The molecule has 19 heavy (non-hydrogen) atoms. The van der Waals surface area contributed by atoms with Crippen LogP contribution in [0.2, 0.25) is 0 Å². The van der Waals surface area contributed by atoms with E-state index in [1.165, 1.54) is 0 Å². The third kappa shape index (κ3) is 6.83. The zero-order chi connectivity index (χ0) is 14.1. The Labute approximate surface area is 112 Å². The number of benzene rings is 1. The molecule has 1 aromatic carbocycles. The van der Waals surface area contributed by atoms with Crippen LogP contribution in [0.25, 0.3) is 0 Å². The first-order valence-electron chi connectivity index (χ1n) is 5.78. The van der Waals surface area contributed by atoms with Gasteiger partial charge in [0.25, 0.3) is 0 Å². The van der Waals surface area contributed by atoms with Crippen LogP contribution in [0.15, 0.2) is 54.6 Å². The van der Waals surface area contributed by atoms with Gasteiger partial charge in [-0.1, -0.05) is 36.9 Å². The molecule has 0 fully saturated rings. The minimum Gasteiger partial charge on any atom is -0.458 e. The molecule has 1 aromatic rings. The van der Waals surface area contributed by atoms with Crippen LogP contribution in [0.4, 0.5) is 0 Å².